The second-order valence-corrected chi connectivity index (χ2v) is 7.61. The number of benzene rings is 3. The summed E-state index contributed by atoms with van der Waals surface area (Å²) >= 11 is 1.13. The van der Waals surface area contributed by atoms with Gasteiger partial charge in [-0.3, -0.25) is 9.36 Å². The lowest BCUT2D eigenvalue weighted by Crippen LogP contribution is -2.14. The normalized spacial score (nSPS) is 10.7. The van der Waals surface area contributed by atoms with Crippen LogP contribution in [0.3, 0.4) is 0 Å². The molecule has 0 saturated heterocycles. The first-order chi connectivity index (χ1) is 15.5. The van der Waals surface area contributed by atoms with Crippen molar-refractivity contribution in [3.63, 3.8) is 0 Å². The Balaban J connectivity index is 1.60. The number of amides is 1. The van der Waals surface area contributed by atoms with Crippen LogP contribution in [0.2, 0.25) is 0 Å². The van der Waals surface area contributed by atoms with E-state index in [9.17, 15) is 13.6 Å². The van der Waals surface area contributed by atoms with E-state index in [1.54, 1.807) is 66.3 Å². The number of nitrogens with zero attached hydrogens (tertiary/aromatic N) is 3. The van der Waals surface area contributed by atoms with Crippen molar-refractivity contribution >= 4 is 23.4 Å². The van der Waals surface area contributed by atoms with E-state index in [0.29, 0.717) is 22.3 Å². The molecule has 6 nitrogen and oxygen atoms in total. The van der Waals surface area contributed by atoms with Gasteiger partial charge in [0, 0.05) is 17.4 Å². The minimum absolute atomic E-state index is 0.0355. The van der Waals surface area contributed by atoms with Crippen LogP contribution < -0.4 is 10.1 Å². The minimum Gasteiger partial charge on any atom is -0.497 e. The van der Waals surface area contributed by atoms with Crippen molar-refractivity contribution in [2.75, 3.05) is 18.2 Å². The van der Waals surface area contributed by atoms with Crippen molar-refractivity contribution in [3.8, 4) is 22.8 Å². The molecule has 162 valence electrons. The number of nitrogens with one attached hydrogen (secondary N) is 1. The van der Waals surface area contributed by atoms with E-state index in [1.807, 2.05) is 0 Å². The third-order valence-corrected chi connectivity index (χ3v) is 5.45. The van der Waals surface area contributed by atoms with E-state index in [-0.39, 0.29) is 23.0 Å². The number of hydrogen-bond acceptors (Lipinski definition) is 5. The number of anilines is 1. The van der Waals surface area contributed by atoms with E-state index in [1.165, 1.54) is 18.2 Å². The summed E-state index contributed by atoms with van der Waals surface area (Å²) in [6.07, 6.45) is 0. The van der Waals surface area contributed by atoms with E-state index >= 15 is 0 Å². The van der Waals surface area contributed by atoms with Crippen molar-refractivity contribution in [2.45, 2.75) is 5.16 Å². The molecule has 3 aromatic carbocycles. The van der Waals surface area contributed by atoms with Crippen LogP contribution in [0.1, 0.15) is 0 Å². The van der Waals surface area contributed by atoms with Crippen LogP contribution in [-0.2, 0) is 4.79 Å². The first-order valence-electron chi connectivity index (χ1n) is 9.58. The van der Waals surface area contributed by atoms with Crippen LogP contribution in [0.5, 0.6) is 5.75 Å². The predicted molar refractivity (Wildman–Crippen MR) is 119 cm³/mol. The number of halogens is 2. The number of carbonyl (C=O) groups is 1. The maximum atomic E-state index is 14.4. The van der Waals surface area contributed by atoms with Crippen molar-refractivity contribution in [1.29, 1.82) is 0 Å². The zero-order valence-electron chi connectivity index (χ0n) is 17.0. The van der Waals surface area contributed by atoms with Crippen LogP contribution in [-0.4, -0.2) is 33.5 Å². The van der Waals surface area contributed by atoms with Crippen LogP contribution in [0.15, 0.2) is 78.0 Å². The monoisotopic (exact) mass is 452 g/mol. The quantitative estimate of drug-likeness (QED) is 0.402. The third kappa shape index (κ3) is 4.78. The molecule has 4 aromatic rings. The summed E-state index contributed by atoms with van der Waals surface area (Å²) in [4.78, 5) is 12.5. The highest BCUT2D eigenvalue weighted by Gasteiger charge is 2.19. The van der Waals surface area contributed by atoms with Gasteiger partial charge < -0.3 is 10.1 Å². The first kappa shape index (κ1) is 21.5. The van der Waals surface area contributed by atoms with Crippen molar-refractivity contribution in [3.05, 3.63) is 84.4 Å². The Morgan fingerprint density at radius 1 is 1.03 bits per heavy atom. The van der Waals surface area contributed by atoms with Gasteiger partial charge in [-0.2, -0.15) is 0 Å². The van der Waals surface area contributed by atoms with Gasteiger partial charge in [-0.15, -0.1) is 10.2 Å². The number of aromatic nitrogens is 3. The number of methoxy groups -OCH3 is 1. The Hall–Kier alpha value is -3.72. The van der Waals surface area contributed by atoms with Crippen molar-refractivity contribution in [2.24, 2.45) is 0 Å². The first-order valence-corrected chi connectivity index (χ1v) is 10.6. The molecule has 0 saturated carbocycles. The molecule has 0 atom stereocenters. The molecule has 0 aliphatic carbocycles. The zero-order chi connectivity index (χ0) is 22.5. The second kappa shape index (κ2) is 9.61. The Morgan fingerprint density at radius 2 is 1.81 bits per heavy atom. The molecule has 0 fully saturated rings. The van der Waals surface area contributed by atoms with Gasteiger partial charge in [0.15, 0.2) is 11.0 Å². The average molecular weight is 452 g/mol. The Morgan fingerprint density at radius 3 is 2.56 bits per heavy atom. The lowest BCUT2D eigenvalue weighted by atomic mass is 10.2. The molecular formula is C23H18F2N4O2S. The van der Waals surface area contributed by atoms with Gasteiger partial charge in [0.1, 0.15) is 17.4 Å². The number of rotatable bonds is 7. The summed E-state index contributed by atoms with van der Waals surface area (Å²) in [5.41, 5.74) is 1.39. The molecule has 0 bridgehead atoms. The number of carbonyl (C=O) groups excluding carboxylic acids is 1. The molecule has 0 radical (unpaired) electrons. The van der Waals surface area contributed by atoms with Gasteiger partial charge in [-0.1, -0.05) is 30.0 Å². The molecule has 4 rings (SSSR count). The maximum absolute atomic E-state index is 14.4. The summed E-state index contributed by atoms with van der Waals surface area (Å²) < 4.78 is 34.7. The molecule has 1 N–H and O–H groups in total. The van der Waals surface area contributed by atoms with Crippen LogP contribution in [0.25, 0.3) is 17.1 Å². The van der Waals surface area contributed by atoms with Gasteiger partial charge in [0.2, 0.25) is 5.91 Å². The highest BCUT2D eigenvalue weighted by Crippen LogP contribution is 2.29. The van der Waals surface area contributed by atoms with Gasteiger partial charge in [0.25, 0.3) is 0 Å². The molecular weight excluding hydrogens is 434 g/mol. The third-order valence-electron chi connectivity index (χ3n) is 4.52. The molecule has 0 aliphatic rings. The van der Waals surface area contributed by atoms with Crippen molar-refractivity contribution in [1.82, 2.24) is 14.8 Å². The molecule has 0 aliphatic heterocycles. The molecule has 32 heavy (non-hydrogen) atoms. The topological polar surface area (TPSA) is 69.0 Å². The molecule has 9 heteroatoms. The van der Waals surface area contributed by atoms with Crippen molar-refractivity contribution < 1.29 is 18.3 Å². The summed E-state index contributed by atoms with van der Waals surface area (Å²) in [7, 11) is 1.55. The van der Waals surface area contributed by atoms with Gasteiger partial charge in [-0.05, 0) is 48.5 Å². The Bertz CT molecular complexity index is 1240. The standard InChI is InChI=1S/C23H18F2N4O2S/c1-31-18-6-4-5-16(13-18)26-21(30)14-32-23-28-27-22(19-7-2-3-8-20(19)25)29(23)17-11-9-15(24)10-12-17/h2-13H,14H2,1H3,(H,26,30). The number of thioether (sulfide) groups is 1. The summed E-state index contributed by atoms with van der Waals surface area (Å²) in [6, 6.07) is 18.9. The fourth-order valence-electron chi connectivity index (χ4n) is 3.03. The predicted octanol–water partition coefficient (Wildman–Crippen LogP) is 4.95. The van der Waals surface area contributed by atoms with Gasteiger partial charge in [0.05, 0.1) is 18.4 Å². The van der Waals surface area contributed by atoms with E-state index in [0.717, 1.165) is 11.8 Å². The highest BCUT2D eigenvalue weighted by molar-refractivity contribution is 7.99. The summed E-state index contributed by atoms with van der Waals surface area (Å²) in [5, 5.41) is 11.5. The van der Waals surface area contributed by atoms with Gasteiger partial charge in [-0.25, -0.2) is 8.78 Å². The smallest absolute Gasteiger partial charge is 0.234 e. The largest absolute Gasteiger partial charge is 0.497 e. The summed E-state index contributed by atoms with van der Waals surface area (Å²) in [5.74, 6) is -0.208. The molecule has 0 unspecified atom stereocenters. The Kier molecular flexibility index (Phi) is 6.46. The second-order valence-electron chi connectivity index (χ2n) is 6.67. The van der Waals surface area contributed by atoms with E-state index in [4.69, 9.17) is 4.74 Å². The number of hydrogen-bond donors (Lipinski definition) is 1. The lowest BCUT2D eigenvalue weighted by Gasteiger charge is -2.11. The van der Waals surface area contributed by atoms with E-state index < -0.39 is 11.6 Å². The van der Waals surface area contributed by atoms with E-state index in [2.05, 4.69) is 15.5 Å². The highest BCUT2D eigenvalue weighted by atomic mass is 32.2. The fourth-order valence-corrected chi connectivity index (χ4v) is 3.78. The van der Waals surface area contributed by atoms with Gasteiger partial charge >= 0.3 is 0 Å². The van der Waals surface area contributed by atoms with Crippen LogP contribution in [0.4, 0.5) is 14.5 Å². The van der Waals surface area contributed by atoms with Crippen LogP contribution in [0, 0.1) is 11.6 Å². The number of ether oxygens (including phenoxy) is 1. The van der Waals surface area contributed by atoms with Crippen LogP contribution >= 0.6 is 11.8 Å². The maximum Gasteiger partial charge on any atom is 0.234 e. The molecule has 1 heterocycles. The minimum atomic E-state index is -0.462. The Labute approximate surface area is 187 Å². The fraction of sp³-hybridized carbons (Fsp3) is 0.0870. The summed E-state index contributed by atoms with van der Waals surface area (Å²) in [6.45, 7) is 0. The zero-order valence-corrected chi connectivity index (χ0v) is 17.8. The molecule has 1 aromatic heterocycles. The molecule has 1 amide bonds. The SMILES string of the molecule is COc1cccc(NC(=O)CSc2nnc(-c3ccccc3F)n2-c2ccc(F)cc2)c1. The lowest BCUT2D eigenvalue weighted by molar-refractivity contribution is -0.113. The average Bonchev–Trinajstić information content (AvgIpc) is 3.22. The molecule has 0 spiro atoms.